The van der Waals surface area contributed by atoms with Gasteiger partial charge in [0.05, 0.1) is 36.6 Å². The maximum Gasteiger partial charge on any atom is 0.275 e. The standard InChI is InChI=1S/C26H22ClF3N4O3/c1-36-23-5-2-15(13-31-23)26(35,25(29)30)19-11-18(21(28)12-20(19)27)24-17-4-3-16(10-22(17)32-14-33-24)34-6-8-37-9-7-34/h2-5,10-14,25,35H,6-9H2,1H3. The Morgan fingerprint density at radius 2 is 1.86 bits per heavy atom. The van der Waals surface area contributed by atoms with Crippen molar-refractivity contribution in [2.75, 3.05) is 38.3 Å². The first kappa shape index (κ1) is 25.2. The molecule has 0 spiro atoms. The molecular formula is C26H22ClF3N4O3. The number of hydrogen-bond donors (Lipinski definition) is 1. The molecule has 1 aliphatic rings. The molecule has 0 radical (unpaired) electrons. The van der Waals surface area contributed by atoms with Crippen molar-refractivity contribution >= 4 is 28.2 Å². The average molecular weight is 531 g/mol. The third-order valence-corrected chi connectivity index (χ3v) is 6.73. The molecule has 2 aromatic carbocycles. The number of benzene rings is 2. The Bertz CT molecular complexity index is 1440. The van der Waals surface area contributed by atoms with Gasteiger partial charge in [0.15, 0.2) is 5.60 Å². The van der Waals surface area contributed by atoms with Gasteiger partial charge in [-0.15, -0.1) is 0 Å². The van der Waals surface area contributed by atoms with Gasteiger partial charge in [0, 0.05) is 53.1 Å². The van der Waals surface area contributed by atoms with Gasteiger partial charge in [-0.25, -0.2) is 28.1 Å². The summed E-state index contributed by atoms with van der Waals surface area (Å²) in [6, 6.07) is 10.1. The van der Waals surface area contributed by atoms with Crippen molar-refractivity contribution in [3.63, 3.8) is 0 Å². The number of pyridine rings is 1. The molecule has 7 nitrogen and oxygen atoms in total. The third kappa shape index (κ3) is 4.56. The normalized spacial score (nSPS) is 15.7. The first-order valence-corrected chi connectivity index (χ1v) is 11.8. The van der Waals surface area contributed by atoms with Crippen LogP contribution in [0.2, 0.25) is 5.02 Å². The van der Waals surface area contributed by atoms with Crippen molar-refractivity contribution in [1.82, 2.24) is 15.0 Å². The fourth-order valence-corrected chi connectivity index (χ4v) is 4.72. The Morgan fingerprint density at radius 3 is 2.54 bits per heavy atom. The summed E-state index contributed by atoms with van der Waals surface area (Å²) >= 11 is 6.22. The number of rotatable bonds is 6. The molecule has 37 heavy (non-hydrogen) atoms. The number of anilines is 1. The zero-order chi connectivity index (χ0) is 26.2. The highest BCUT2D eigenvalue weighted by atomic mass is 35.5. The molecule has 1 N–H and O–H groups in total. The molecule has 5 rings (SSSR count). The van der Waals surface area contributed by atoms with Crippen LogP contribution in [-0.4, -0.2) is 59.9 Å². The van der Waals surface area contributed by atoms with E-state index in [1.165, 1.54) is 25.6 Å². The number of methoxy groups -OCH3 is 1. The van der Waals surface area contributed by atoms with Gasteiger partial charge in [-0.3, -0.25) is 0 Å². The van der Waals surface area contributed by atoms with E-state index < -0.39 is 17.8 Å². The first-order valence-electron chi connectivity index (χ1n) is 11.4. The van der Waals surface area contributed by atoms with Crippen molar-refractivity contribution in [3.05, 3.63) is 77.0 Å². The minimum atomic E-state index is -3.31. The lowest BCUT2D eigenvalue weighted by Crippen LogP contribution is -2.36. The van der Waals surface area contributed by atoms with Gasteiger partial charge >= 0.3 is 0 Å². The van der Waals surface area contributed by atoms with E-state index in [9.17, 15) is 13.9 Å². The molecule has 1 saturated heterocycles. The Morgan fingerprint density at radius 1 is 1.08 bits per heavy atom. The fourth-order valence-electron chi connectivity index (χ4n) is 4.43. The van der Waals surface area contributed by atoms with E-state index in [4.69, 9.17) is 21.1 Å². The summed E-state index contributed by atoms with van der Waals surface area (Å²) in [5, 5.41) is 11.4. The Kier molecular flexibility index (Phi) is 6.89. The Labute approximate surface area is 215 Å². The maximum absolute atomic E-state index is 15.2. The number of morpholine rings is 1. The summed E-state index contributed by atoms with van der Waals surface area (Å²) in [6.07, 6.45) is -0.963. The van der Waals surface area contributed by atoms with E-state index in [2.05, 4.69) is 19.9 Å². The highest BCUT2D eigenvalue weighted by Gasteiger charge is 2.44. The third-order valence-electron chi connectivity index (χ3n) is 6.42. The lowest BCUT2D eigenvalue weighted by Gasteiger charge is -2.29. The van der Waals surface area contributed by atoms with Crippen LogP contribution in [0.1, 0.15) is 11.1 Å². The van der Waals surface area contributed by atoms with E-state index >= 15 is 4.39 Å². The minimum absolute atomic E-state index is 0.105. The second-order valence-electron chi connectivity index (χ2n) is 8.49. The molecule has 0 saturated carbocycles. The lowest BCUT2D eigenvalue weighted by molar-refractivity contribution is -0.0719. The number of fused-ring (bicyclic) bond motifs is 1. The van der Waals surface area contributed by atoms with Gasteiger partial charge in [-0.05, 0) is 36.4 Å². The molecule has 1 atom stereocenters. The number of halogens is 4. The zero-order valence-electron chi connectivity index (χ0n) is 19.7. The predicted octanol–water partition coefficient (Wildman–Crippen LogP) is 4.83. The molecule has 1 fully saturated rings. The van der Waals surface area contributed by atoms with Crippen molar-refractivity contribution in [1.29, 1.82) is 0 Å². The summed E-state index contributed by atoms with van der Waals surface area (Å²) in [4.78, 5) is 14.6. The molecule has 3 heterocycles. The summed E-state index contributed by atoms with van der Waals surface area (Å²) in [5.41, 5.74) is -1.93. The number of nitrogens with zero attached hydrogens (tertiary/aromatic N) is 4. The van der Waals surface area contributed by atoms with Gasteiger partial charge in [0.25, 0.3) is 6.43 Å². The SMILES string of the molecule is COc1ccc(C(O)(c2cc(-c3ncnc4cc(N5CCOCC5)ccc34)c(F)cc2Cl)C(F)F)cn1. The van der Waals surface area contributed by atoms with Crippen molar-refractivity contribution in [2.45, 2.75) is 12.0 Å². The van der Waals surface area contributed by atoms with Gasteiger partial charge in [-0.2, -0.15) is 0 Å². The second kappa shape index (κ2) is 10.1. The molecule has 1 unspecified atom stereocenters. The number of alkyl halides is 2. The largest absolute Gasteiger partial charge is 0.481 e. The van der Waals surface area contributed by atoms with Crippen LogP contribution in [0.15, 0.2) is 55.0 Å². The van der Waals surface area contributed by atoms with E-state index in [0.717, 1.165) is 37.1 Å². The molecule has 2 aromatic heterocycles. The van der Waals surface area contributed by atoms with Crippen molar-refractivity contribution in [2.24, 2.45) is 0 Å². The molecule has 0 aliphatic carbocycles. The number of aliphatic hydroxyl groups is 1. The summed E-state index contributed by atoms with van der Waals surface area (Å²) in [6.45, 7) is 2.68. The van der Waals surface area contributed by atoms with E-state index in [1.54, 1.807) is 6.07 Å². The Balaban J connectivity index is 1.63. The highest BCUT2D eigenvalue weighted by molar-refractivity contribution is 6.31. The zero-order valence-corrected chi connectivity index (χ0v) is 20.4. The Hall–Kier alpha value is -3.47. The van der Waals surface area contributed by atoms with E-state index in [-0.39, 0.29) is 33.3 Å². The molecule has 1 aliphatic heterocycles. The molecule has 11 heteroatoms. The second-order valence-corrected chi connectivity index (χ2v) is 8.90. The molecule has 4 aromatic rings. The fraction of sp³-hybridized carbons (Fsp3) is 0.269. The van der Waals surface area contributed by atoms with Crippen LogP contribution in [0.3, 0.4) is 0 Å². The number of ether oxygens (including phenoxy) is 2. The molecule has 0 amide bonds. The van der Waals surface area contributed by atoms with Crippen LogP contribution in [0.25, 0.3) is 22.2 Å². The van der Waals surface area contributed by atoms with Crippen molar-refractivity contribution < 1.29 is 27.8 Å². The van der Waals surface area contributed by atoms with Crippen LogP contribution in [0.5, 0.6) is 5.88 Å². The van der Waals surface area contributed by atoms with Crippen LogP contribution < -0.4 is 9.64 Å². The summed E-state index contributed by atoms with van der Waals surface area (Å²) < 4.78 is 54.5. The van der Waals surface area contributed by atoms with Crippen molar-refractivity contribution in [3.8, 4) is 17.1 Å². The predicted molar refractivity (Wildman–Crippen MR) is 133 cm³/mol. The van der Waals surface area contributed by atoms with Gasteiger partial charge in [-0.1, -0.05) is 11.6 Å². The molecular weight excluding hydrogens is 509 g/mol. The van der Waals surface area contributed by atoms with E-state index in [0.29, 0.717) is 24.1 Å². The van der Waals surface area contributed by atoms with Gasteiger partial charge in [0.2, 0.25) is 5.88 Å². The number of aromatic nitrogens is 3. The summed E-state index contributed by atoms with van der Waals surface area (Å²) in [7, 11) is 1.38. The number of hydrogen-bond acceptors (Lipinski definition) is 7. The topological polar surface area (TPSA) is 80.6 Å². The highest BCUT2D eigenvalue weighted by Crippen LogP contribution is 2.42. The van der Waals surface area contributed by atoms with E-state index in [1.807, 2.05) is 12.1 Å². The smallest absolute Gasteiger partial charge is 0.275 e. The molecule has 192 valence electrons. The maximum atomic E-state index is 15.2. The monoisotopic (exact) mass is 530 g/mol. The van der Waals surface area contributed by atoms with Crippen LogP contribution >= 0.6 is 11.6 Å². The minimum Gasteiger partial charge on any atom is -0.481 e. The van der Waals surface area contributed by atoms with Crippen LogP contribution in [-0.2, 0) is 10.3 Å². The van der Waals surface area contributed by atoms with Gasteiger partial charge < -0.3 is 19.5 Å². The summed E-state index contributed by atoms with van der Waals surface area (Å²) in [5.74, 6) is -0.606. The van der Waals surface area contributed by atoms with Crippen LogP contribution in [0.4, 0.5) is 18.9 Å². The molecule has 0 bridgehead atoms. The first-order chi connectivity index (χ1) is 17.8. The van der Waals surface area contributed by atoms with Gasteiger partial charge in [0.1, 0.15) is 12.1 Å². The van der Waals surface area contributed by atoms with Crippen LogP contribution in [0, 0.1) is 5.82 Å². The lowest BCUT2D eigenvalue weighted by atomic mass is 9.86. The average Bonchev–Trinajstić information content (AvgIpc) is 2.92. The quantitative estimate of drug-likeness (QED) is 0.382.